The number of nitrogens with one attached hydrogen (secondary N) is 1. The van der Waals surface area contributed by atoms with Gasteiger partial charge >= 0.3 is 0 Å². The van der Waals surface area contributed by atoms with Crippen molar-refractivity contribution in [1.29, 1.82) is 0 Å². The minimum atomic E-state index is 0.249. The van der Waals surface area contributed by atoms with Gasteiger partial charge in [-0.1, -0.05) is 32.0 Å². The van der Waals surface area contributed by atoms with Gasteiger partial charge in [0.05, 0.1) is 6.04 Å². The van der Waals surface area contributed by atoms with Crippen LogP contribution in [0, 0.1) is 19.8 Å². The second kappa shape index (κ2) is 7.04. The summed E-state index contributed by atoms with van der Waals surface area (Å²) in [6, 6.07) is 6.67. The predicted molar refractivity (Wildman–Crippen MR) is 78.1 cm³/mol. The van der Waals surface area contributed by atoms with Gasteiger partial charge in [0.2, 0.25) is 0 Å². The van der Waals surface area contributed by atoms with E-state index >= 15 is 0 Å². The third-order valence-electron chi connectivity index (χ3n) is 2.96. The molecule has 0 radical (unpaired) electrons. The van der Waals surface area contributed by atoms with Gasteiger partial charge in [0.15, 0.2) is 0 Å². The Labute approximate surface area is 109 Å². The van der Waals surface area contributed by atoms with Gasteiger partial charge in [-0.15, -0.1) is 0 Å². The molecule has 1 atom stereocenters. The molecular weight excluding hydrogens is 228 g/mol. The van der Waals surface area contributed by atoms with E-state index in [9.17, 15) is 0 Å². The van der Waals surface area contributed by atoms with Crippen LogP contribution in [0.25, 0.3) is 0 Å². The van der Waals surface area contributed by atoms with Gasteiger partial charge in [-0.05, 0) is 42.2 Å². The first-order valence-electron chi connectivity index (χ1n) is 6.16. The van der Waals surface area contributed by atoms with Crippen molar-refractivity contribution < 1.29 is 0 Å². The molecule has 0 saturated heterocycles. The molecule has 0 heterocycles. The lowest BCUT2D eigenvalue weighted by molar-refractivity contribution is 0.606. The highest BCUT2D eigenvalue weighted by Gasteiger charge is 2.13. The Bertz CT molecular complexity index is 350. The van der Waals surface area contributed by atoms with E-state index in [2.05, 4.69) is 51.3 Å². The molecule has 0 aliphatic rings. The maximum absolute atomic E-state index is 5.68. The van der Waals surface area contributed by atoms with Gasteiger partial charge < -0.3 is 0 Å². The maximum Gasteiger partial charge on any atom is 0.0553 e. The van der Waals surface area contributed by atoms with E-state index in [0.29, 0.717) is 0 Å². The summed E-state index contributed by atoms with van der Waals surface area (Å²) in [4.78, 5) is 0. The first-order chi connectivity index (χ1) is 8.06. The number of rotatable bonds is 6. The van der Waals surface area contributed by atoms with Crippen LogP contribution in [-0.2, 0) is 0 Å². The number of nitrogens with two attached hydrogens (primary N) is 1. The van der Waals surface area contributed by atoms with Gasteiger partial charge in [0.25, 0.3) is 0 Å². The zero-order valence-corrected chi connectivity index (χ0v) is 12.1. The van der Waals surface area contributed by atoms with Crippen molar-refractivity contribution in [3.8, 4) is 0 Å². The van der Waals surface area contributed by atoms with E-state index in [-0.39, 0.29) is 6.04 Å². The van der Waals surface area contributed by atoms with Crippen molar-refractivity contribution in [2.45, 2.75) is 33.7 Å². The van der Waals surface area contributed by atoms with Crippen molar-refractivity contribution in [2.75, 3.05) is 11.5 Å². The standard InChI is InChI=1S/C14H24N2S/c1-10(2)8-17-9-14(16-15)13-7-5-6-11(3)12(13)4/h5-7,10,14,16H,8-9,15H2,1-4H3. The van der Waals surface area contributed by atoms with Gasteiger partial charge in [-0.3, -0.25) is 11.3 Å². The largest absolute Gasteiger partial charge is 0.271 e. The molecule has 1 aromatic carbocycles. The van der Waals surface area contributed by atoms with Gasteiger partial charge in [0.1, 0.15) is 0 Å². The second-order valence-corrected chi connectivity index (χ2v) is 6.01. The van der Waals surface area contributed by atoms with E-state index in [1.54, 1.807) is 0 Å². The van der Waals surface area contributed by atoms with Gasteiger partial charge in [-0.25, -0.2) is 0 Å². The van der Waals surface area contributed by atoms with Crippen molar-refractivity contribution in [2.24, 2.45) is 11.8 Å². The van der Waals surface area contributed by atoms with Gasteiger partial charge in [0, 0.05) is 5.75 Å². The molecule has 3 heteroatoms. The molecule has 0 amide bonds. The zero-order chi connectivity index (χ0) is 12.8. The third-order valence-corrected chi connectivity index (χ3v) is 4.43. The zero-order valence-electron chi connectivity index (χ0n) is 11.3. The van der Waals surface area contributed by atoms with Gasteiger partial charge in [-0.2, -0.15) is 11.8 Å². The Morgan fingerprint density at radius 1 is 1.24 bits per heavy atom. The van der Waals surface area contributed by atoms with Crippen molar-refractivity contribution in [1.82, 2.24) is 5.43 Å². The fourth-order valence-electron chi connectivity index (χ4n) is 1.80. The number of hydrogen-bond donors (Lipinski definition) is 2. The number of benzene rings is 1. The van der Waals surface area contributed by atoms with Crippen molar-refractivity contribution >= 4 is 11.8 Å². The number of hydrogen-bond acceptors (Lipinski definition) is 3. The molecule has 1 aromatic rings. The lowest BCUT2D eigenvalue weighted by atomic mass is 9.99. The Balaban J connectivity index is 2.69. The van der Waals surface area contributed by atoms with E-state index in [0.717, 1.165) is 11.7 Å². The van der Waals surface area contributed by atoms with Crippen LogP contribution in [-0.4, -0.2) is 11.5 Å². The number of thioether (sulfide) groups is 1. The minimum Gasteiger partial charge on any atom is -0.271 e. The van der Waals surface area contributed by atoms with Crippen LogP contribution >= 0.6 is 11.8 Å². The fourth-order valence-corrected chi connectivity index (χ4v) is 2.92. The Morgan fingerprint density at radius 3 is 2.53 bits per heavy atom. The molecular formula is C14H24N2S. The van der Waals surface area contributed by atoms with Crippen LogP contribution in [0.5, 0.6) is 0 Å². The summed E-state index contributed by atoms with van der Waals surface area (Å²) in [6.07, 6.45) is 0. The molecule has 17 heavy (non-hydrogen) atoms. The normalized spacial score (nSPS) is 13.1. The SMILES string of the molecule is Cc1cccc(C(CSCC(C)C)NN)c1C. The molecule has 0 spiro atoms. The van der Waals surface area contributed by atoms with E-state index < -0.39 is 0 Å². The molecule has 1 unspecified atom stereocenters. The molecule has 0 aromatic heterocycles. The number of aryl methyl sites for hydroxylation is 1. The summed E-state index contributed by atoms with van der Waals surface area (Å²) in [7, 11) is 0. The topological polar surface area (TPSA) is 38.0 Å². The molecule has 2 nitrogen and oxygen atoms in total. The van der Waals surface area contributed by atoms with E-state index in [1.807, 2.05) is 11.8 Å². The first kappa shape index (κ1) is 14.6. The average Bonchev–Trinajstić information content (AvgIpc) is 2.28. The molecule has 0 saturated carbocycles. The van der Waals surface area contributed by atoms with E-state index in [4.69, 9.17) is 5.84 Å². The van der Waals surface area contributed by atoms with Crippen molar-refractivity contribution in [3.63, 3.8) is 0 Å². The number of hydrazine groups is 1. The maximum atomic E-state index is 5.68. The molecule has 0 fully saturated rings. The highest BCUT2D eigenvalue weighted by Crippen LogP contribution is 2.23. The summed E-state index contributed by atoms with van der Waals surface area (Å²) < 4.78 is 0. The van der Waals surface area contributed by atoms with Crippen molar-refractivity contribution in [3.05, 3.63) is 34.9 Å². The second-order valence-electron chi connectivity index (χ2n) is 4.94. The summed E-state index contributed by atoms with van der Waals surface area (Å²) in [5.41, 5.74) is 6.94. The molecule has 0 aliphatic heterocycles. The lowest BCUT2D eigenvalue weighted by Gasteiger charge is -2.19. The summed E-state index contributed by atoms with van der Waals surface area (Å²) in [6.45, 7) is 8.81. The quantitative estimate of drug-likeness (QED) is 0.603. The van der Waals surface area contributed by atoms with Crippen LogP contribution < -0.4 is 11.3 Å². The Hall–Kier alpha value is -0.510. The Morgan fingerprint density at radius 2 is 1.94 bits per heavy atom. The fraction of sp³-hybridized carbons (Fsp3) is 0.571. The average molecular weight is 252 g/mol. The van der Waals surface area contributed by atoms with Crippen LogP contribution in [0.2, 0.25) is 0 Å². The predicted octanol–water partition coefficient (Wildman–Crippen LogP) is 3.20. The van der Waals surface area contributed by atoms with E-state index in [1.165, 1.54) is 22.4 Å². The molecule has 0 bridgehead atoms. The van der Waals surface area contributed by atoms with Crippen LogP contribution in [0.3, 0.4) is 0 Å². The highest BCUT2D eigenvalue weighted by molar-refractivity contribution is 7.99. The summed E-state index contributed by atoms with van der Waals surface area (Å²) in [5.74, 6) is 8.62. The minimum absolute atomic E-state index is 0.249. The van der Waals surface area contributed by atoms with Crippen LogP contribution in [0.1, 0.15) is 36.6 Å². The monoisotopic (exact) mass is 252 g/mol. The summed E-state index contributed by atoms with van der Waals surface area (Å²) >= 11 is 1.96. The van der Waals surface area contributed by atoms with Crippen LogP contribution in [0.4, 0.5) is 0 Å². The lowest BCUT2D eigenvalue weighted by Crippen LogP contribution is -2.30. The molecule has 3 N–H and O–H groups in total. The molecule has 96 valence electrons. The van der Waals surface area contributed by atoms with Crippen LogP contribution in [0.15, 0.2) is 18.2 Å². The smallest absolute Gasteiger partial charge is 0.0553 e. The third kappa shape index (κ3) is 4.34. The molecule has 0 aliphatic carbocycles. The Kier molecular flexibility index (Phi) is 6.03. The molecule has 1 rings (SSSR count). The summed E-state index contributed by atoms with van der Waals surface area (Å²) in [5, 5.41) is 0. The highest BCUT2D eigenvalue weighted by atomic mass is 32.2. The first-order valence-corrected chi connectivity index (χ1v) is 7.31.